The molecule has 1 atom stereocenters. The zero-order valence-corrected chi connectivity index (χ0v) is 13.9. The lowest BCUT2D eigenvalue weighted by molar-refractivity contribution is 0.430. The minimum Gasteiger partial charge on any atom is -0.309 e. The fraction of sp³-hybridized carbons (Fsp3) is 0.412. The number of hydrogen-bond donors (Lipinski definition) is 1. The Hall–Kier alpha value is -1.39. The molecule has 2 rings (SSSR count). The second kappa shape index (κ2) is 5.78. The van der Waals surface area contributed by atoms with Gasteiger partial charge in [-0.15, -0.1) is 0 Å². The van der Waals surface area contributed by atoms with Crippen LogP contribution in [0.3, 0.4) is 0 Å². The molecule has 0 heterocycles. The zero-order valence-electron chi connectivity index (χ0n) is 13.1. The summed E-state index contributed by atoms with van der Waals surface area (Å²) >= 11 is 0. The van der Waals surface area contributed by atoms with Gasteiger partial charge in [0.05, 0.1) is 10.8 Å². The molecule has 21 heavy (non-hydrogen) atoms. The van der Waals surface area contributed by atoms with Gasteiger partial charge in [0.15, 0.2) is 9.84 Å². The number of sulfone groups is 1. The van der Waals surface area contributed by atoms with Crippen molar-refractivity contribution < 1.29 is 8.42 Å². The Labute approximate surface area is 127 Å². The number of fused-ring (bicyclic) bond motifs is 1. The smallest absolute Gasteiger partial charge is 0.154 e. The summed E-state index contributed by atoms with van der Waals surface area (Å²) in [6.07, 6.45) is 1.31. The Morgan fingerprint density at radius 2 is 1.71 bits per heavy atom. The maximum absolute atomic E-state index is 12.2. The molecule has 3 nitrogen and oxygen atoms in total. The van der Waals surface area contributed by atoms with Gasteiger partial charge in [0.25, 0.3) is 0 Å². The van der Waals surface area contributed by atoms with Crippen LogP contribution in [-0.4, -0.2) is 26.0 Å². The van der Waals surface area contributed by atoms with Crippen molar-refractivity contribution in [3.05, 3.63) is 48.0 Å². The van der Waals surface area contributed by atoms with E-state index in [2.05, 4.69) is 17.4 Å². The van der Waals surface area contributed by atoms with E-state index in [4.69, 9.17) is 0 Å². The van der Waals surface area contributed by atoms with Gasteiger partial charge in [0, 0.05) is 6.26 Å². The highest BCUT2D eigenvalue weighted by atomic mass is 32.2. The Kier molecular flexibility index (Phi) is 4.40. The molecule has 0 radical (unpaired) electrons. The average Bonchev–Trinajstić information content (AvgIpc) is 2.43. The van der Waals surface area contributed by atoms with Crippen molar-refractivity contribution in [2.24, 2.45) is 0 Å². The van der Waals surface area contributed by atoms with Crippen LogP contribution in [0.25, 0.3) is 10.8 Å². The average molecular weight is 305 g/mol. The number of hydrogen-bond acceptors (Lipinski definition) is 3. The molecule has 0 fully saturated rings. The summed E-state index contributed by atoms with van der Waals surface area (Å²) in [7, 11) is -3.20. The van der Waals surface area contributed by atoms with Crippen LogP contribution in [-0.2, 0) is 9.84 Å². The zero-order chi connectivity index (χ0) is 15.7. The standard InChI is InChI=1S/C17H23NO2S/c1-5-18-16(17(2,3)21(4,19)20)15-12-8-10-13-9-6-7-11-14(13)15/h6-12,16,18H,5H2,1-4H3. The molecule has 0 amide bonds. The third-order valence-corrected chi connectivity index (χ3v) is 6.34. The summed E-state index contributed by atoms with van der Waals surface area (Å²) in [6, 6.07) is 13.9. The highest BCUT2D eigenvalue weighted by Crippen LogP contribution is 2.35. The molecule has 1 unspecified atom stereocenters. The van der Waals surface area contributed by atoms with Crippen LogP contribution in [0.15, 0.2) is 42.5 Å². The molecule has 2 aromatic carbocycles. The molecule has 0 saturated heterocycles. The van der Waals surface area contributed by atoms with E-state index in [1.807, 2.05) is 37.3 Å². The number of rotatable bonds is 5. The quantitative estimate of drug-likeness (QED) is 0.922. The SMILES string of the molecule is CCNC(c1cccc2ccccc12)C(C)(C)S(C)(=O)=O. The largest absolute Gasteiger partial charge is 0.309 e. The molecule has 0 aromatic heterocycles. The Morgan fingerprint density at radius 3 is 2.33 bits per heavy atom. The number of benzene rings is 2. The van der Waals surface area contributed by atoms with Gasteiger partial charge >= 0.3 is 0 Å². The molecule has 0 aliphatic rings. The summed E-state index contributed by atoms with van der Waals surface area (Å²) in [4.78, 5) is 0. The Morgan fingerprint density at radius 1 is 1.10 bits per heavy atom. The molecular weight excluding hydrogens is 282 g/mol. The van der Waals surface area contributed by atoms with Gasteiger partial charge in [-0.25, -0.2) is 8.42 Å². The van der Waals surface area contributed by atoms with Crippen LogP contribution >= 0.6 is 0 Å². The first-order chi connectivity index (χ1) is 9.79. The van der Waals surface area contributed by atoms with Crippen LogP contribution in [0.4, 0.5) is 0 Å². The van der Waals surface area contributed by atoms with Crippen molar-refractivity contribution in [3.8, 4) is 0 Å². The second-order valence-electron chi connectivity index (χ2n) is 5.93. The minimum atomic E-state index is -3.20. The van der Waals surface area contributed by atoms with Crippen LogP contribution < -0.4 is 5.32 Å². The maximum Gasteiger partial charge on any atom is 0.154 e. The predicted molar refractivity (Wildman–Crippen MR) is 89.3 cm³/mol. The summed E-state index contributed by atoms with van der Waals surface area (Å²) in [5.41, 5.74) is 1.03. The van der Waals surface area contributed by atoms with Crippen molar-refractivity contribution >= 4 is 20.6 Å². The van der Waals surface area contributed by atoms with E-state index >= 15 is 0 Å². The van der Waals surface area contributed by atoms with E-state index in [1.54, 1.807) is 13.8 Å². The van der Waals surface area contributed by atoms with Gasteiger partial charge in [0.1, 0.15) is 0 Å². The van der Waals surface area contributed by atoms with E-state index in [-0.39, 0.29) is 6.04 Å². The summed E-state index contributed by atoms with van der Waals surface area (Å²) < 4.78 is 23.6. The highest BCUT2D eigenvalue weighted by molar-refractivity contribution is 7.92. The van der Waals surface area contributed by atoms with Gasteiger partial charge in [-0.1, -0.05) is 49.4 Å². The summed E-state index contributed by atoms with van der Waals surface area (Å²) in [6.45, 7) is 6.29. The van der Waals surface area contributed by atoms with Crippen molar-refractivity contribution in [1.82, 2.24) is 5.32 Å². The molecule has 4 heteroatoms. The molecule has 0 aliphatic heterocycles. The molecule has 0 bridgehead atoms. The normalized spacial score (nSPS) is 14.3. The van der Waals surface area contributed by atoms with E-state index < -0.39 is 14.6 Å². The highest BCUT2D eigenvalue weighted by Gasteiger charge is 2.40. The van der Waals surface area contributed by atoms with Crippen LogP contribution in [0.2, 0.25) is 0 Å². The molecule has 0 spiro atoms. The molecule has 114 valence electrons. The fourth-order valence-corrected chi connectivity index (χ4v) is 3.29. The molecule has 0 saturated carbocycles. The Bertz CT molecular complexity index is 730. The Balaban J connectivity index is 2.67. The third kappa shape index (κ3) is 2.97. The van der Waals surface area contributed by atoms with Crippen LogP contribution in [0.1, 0.15) is 32.4 Å². The lowest BCUT2D eigenvalue weighted by atomic mass is 9.91. The monoisotopic (exact) mass is 305 g/mol. The van der Waals surface area contributed by atoms with Gasteiger partial charge in [0.2, 0.25) is 0 Å². The van der Waals surface area contributed by atoms with Crippen molar-refractivity contribution in [2.45, 2.75) is 31.6 Å². The first-order valence-corrected chi connectivity index (χ1v) is 9.09. The summed E-state index contributed by atoms with van der Waals surface area (Å²) in [5, 5.41) is 5.59. The van der Waals surface area contributed by atoms with E-state index in [0.717, 1.165) is 16.3 Å². The molecule has 1 N–H and O–H groups in total. The van der Waals surface area contributed by atoms with E-state index in [9.17, 15) is 8.42 Å². The van der Waals surface area contributed by atoms with Crippen molar-refractivity contribution in [1.29, 1.82) is 0 Å². The molecule has 0 aliphatic carbocycles. The molecule has 2 aromatic rings. The minimum absolute atomic E-state index is 0.247. The van der Waals surface area contributed by atoms with Crippen LogP contribution in [0, 0.1) is 0 Å². The molecular formula is C17H23NO2S. The lowest BCUT2D eigenvalue weighted by Gasteiger charge is -2.34. The van der Waals surface area contributed by atoms with E-state index in [1.165, 1.54) is 6.26 Å². The predicted octanol–water partition coefficient (Wildman–Crippen LogP) is 3.31. The van der Waals surface area contributed by atoms with Crippen molar-refractivity contribution in [2.75, 3.05) is 12.8 Å². The topological polar surface area (TPSA) is 46.2 Å². The van der Waals surface area contributed by atoms with E-state index in [0.29, 0.717) is 6.54 Å². The summed E-state index contributed by atoms with van der Waals surface area (Å²) in [5.74, 6) is 0. The van der Waals surface area contributed by atoms with Gasteiger partial charge < -0.3 is 5.32 Å². The number of nitrogens with one attached hydrogen (secondary N) is 1. The first kappa shape index (κ1) is 16.0. The van der Waals surface area contributed by atoms with Crippen molar-refractivity contribution in [3.63, 3.8) is 0 Å². The van der Waals surface area contributed by atoms with Gasteiger partial charge in [-0.2, -0.15) is 0 Å². The third-order valence-electron chi connectivity index (χ3n) is 4.19. The van der Waals surface area contributed by atoms with Gasteiger partial charge in [-0.3, -0.25) is 0 Å². The van der Waals surface area contributed by atoms with Crippen LogP contribution in [0.5, 0.6) is 0 Å². The lowest BCUT2D eigenvalue weighted by Crippen LogP contribution is -2.45. The second-order valence-corrected chi connectivity index (χ2v) is 8.53. The fourth-order valence-electron chi connectivity index (χ4n) is 2.65. The first-order valence-electron chi connectivity index (χ1n) is 7.19. The van der Waals surface area contributed by atoms with Gasteiger partial charge in [-0.05, 0) is 36.7 Å². The maximum atomic E-state index is 12.2.